The van der Waals surface area contributed by atoms with Gasteiger partial charge in [0.1, 0.15) is 6.04 Å². The van der Waals surface area contributed by atoms with Gasteiger partial charge in [-0.25, -0.2) is 0 Å². The zero-order valence-corrected chi connectivity index (χ0v) is 10.0. The molecule has 0 saturated carbocycles. The summed E-state index contributed by atoms with van der Waals surface area (Å²) in [4.78, 5) is 1.29. The van der Waals surface area contributed by atoms with E-state index in [1.165, 1.54) is 4.90 Å². The fraction of sp³-hybridized carbons (Fsp3) is 1.00. The normalized spacial score (nSPS) is 23.3. The first-order valence-corrected chi connectivity index (χ1v) is 6.04. The Labute approximate surface area is 99.5 Å². The van der Waals surface area contributed by atoms with Gasteiger partial charge < -0.3 is 9.84 Å². The minimum Gasteiger partial charge on any atom is -0.395 e. The van der Waals surface area contributed by atoms with Crippen LogP contribution in [-0.4, -0.2) is 54.6 Å². The third kappa shape index (κ3) is 4.12. The fourth-order valence-electron chi connectivity index (χ4n) is 2.31. The van der Waals surface area contributed by atoms with E-state index in [0.717, 1.165) is 0 Å². The van der Waals surface area contributed by atoms with E-state index >= 15 is 0 Å². The van der Waals surface area contributed by atoms with Crippen molar-refractivity contribution in [3.8, 4) is 0 Å². The van der Waals surface area contributed by atoms with Crippen molar-refractivity contribution in [2.75, 3.05) is 26.3 Å². The third-order valence-corrected chi connectivity index (χ3v) is 2.94. The molecule has 1 N–H and O–H groups in total. The Balaban J connectivity index is 2.78. The molecule has 0 radical (unpaired) electrons. The zero-order valence-electron chi connectivity index (χ0n) is 10.0. The molecular weight excluding hydrogens is 235 g/mol. The van der Waals surface area contributed by atoms with Gasteiger partial charge in [0.25, 0.3) is 0 Å². The molecule has 1 saturated heterocycles. The second kappa shape index (κ2) is 6.56. The number of hydrogen-bond donors (Lipinski definition) is 1. The second-order valence-electron chi connectivity index (χ2n) is 4.30. The van der Waals surface area contributed by atoms with Gasteiger partial charge in [0.05, 0.1) is 12.7 Å². The van der Waals surface area contributed by atoms with Crippen LogP contribution in [0.3, 0.4) is 0 Å². The number of aliphatic hydroxyl groups excluding tert-OH is 1. The number of hydrogen-bond acceptors (Lipinski definition) is 3. The van der Waals surface area contributed by atoms with Gasteiger partial charge in [-0.15, -0.1) is 0 Å². The van der Waals surface area contributed by atoms with Crippen molar-refractivity contribution in [2.24, 2.45) is 0 Å². The van der Waals surface area contributed by atoms with Crippen LogP contribution in [0, 0.1) is 0 Å². The highest BCUT2D eigenvalue weighted by molar-refractivity contribution is 4.88. The van der Waals surface area contributed by atoms with Crippen molar-refractivity contribution in [3.63, 3.8) is 0 Å². The highest BCUT2D eigenvalue weighted by Crippen LogP contribution is 2.32. The zero-order chi connectivity index (χ0) is 12.9. The maximum Gasteiger partial charge on any atom is 0.406 e. The molecule has 0 aromatic rings. The van der Waals surface area contributed by atoms with Crippen LogP contribution in [0.15, 0.2) is 0 Å². The summed E-state index contributed by atoms with van der Waals surface area (Å²) in [6.45, 7) is 2.32. The SMILES string of the molecule is CCCN(CCO)C(C1CCCO1)C(F)(F)F. The minimum atomic E-state index is -4.31. The molecular formula is C11H20F3NO2. The third-order valence-electron chi connectivity index (χ3n) is 2.94. The van der Waals surface area contributed by atoms with Crippen molar-refractivity contribution in [1.82, 2.24) is 4.90 Å². The van der Waals surface area contributed by atoms with Crippen LogP contribution in [0.25, 0.3) is 0 Å². The number of halogens is 3. The molecule has 1 heterocycles. The summed E-state index contributed by atoms with van der Waals surface area (Å²) in [5.41, 5.74) is 0. The first-order chi connectivity index (χ1) is 8.00. The second-order valence-corrected chi connectivity index (χ2v) is 4.30. The lowest BCUT2D eigenvalue weighted by Crippen LogP contribution is -2.53. The molecule has 0 amide bonds. The molecule has 0 bridgehead atoms. The van der Waals surface area contributed by atoms with Gasteiger partial charge in [-0.2, -0.15) is 13.2 Å². The minimum absolute atomic E-state index is 0.0396. The standard InChI is InChI=1S/C11H20F3NO2/c1-2-5-15(6-7-16)10(11(12,13)14)9-4-3-8-17-9/h9-10,16H,2-8H2,1H3. The number of rotatable bonds is 6. The van der Waals surface area contributed by atoms with Crippen LogP contribution < -0.4 is 0 Å². The van der Waals surface area contributed by atoms with Gasteiger partial charge in [0.2, 0.25) is 0 Å². The first kappa shape index (κ1) is 14.7. The van der Waals surface area contributed by atoms with Crippen LogP contribution in [0.2, 0.25) is 0 Å². The lowest BCUT2D eigenvalue weighted by Gasteiger charge is -2.35. The lowest BCUT2D eigenvalue weighted by atomic mass is 10.1. The molecule has 0 aromatic heterocycles. The summed E-state index contributed by atoms with van der Waals surface area (Å²) in [5.74, 6) is 0. The molecule has 1 fully saturated rings. The Morgan fingerprint density at radius 2 is 2.12 bits per heavy atom. The predicted molar refractivity (Wildman–Crippen MR) is 57.8 cm³/mol. The molecule has 17 heavy (non-hydrogen) atoms. The average molecular weight is 255 g/mol. The number of ether oxygens (including phenoxy) is 1. The molecule has 1 aliphatic heterocycles. The lowest BCUT2D eigenvalue weighted by molar-refractivity contribution is -0.210. The Morgan fingerprint density at radius 3 is 2.53 bits per heavy atom. The Kier molecular flexibility index (Phi) is 5.69. The molecule has 1 aliphatic rings. The van der Waals surface area contributed by atoms with E-state index in [1.807, 2.05) is 6.92 Å². The van der Waals surface area contributed by atoms with E-state index in [9.17, 15) is 13.2 Å². The van der Waals surface area contributed by atoms with Crippen LogP contribution in [0.4, 0.5) is 13.2 Å². The van der Waals surface area contributed by atoms with Crippen LogP contribution >= 0.6 is 0 Å². The summed E-state index contributed by atoms with van der Waals surface area (Å²) in [7, 11) is 0. The van der Waals surface area contributed by atoms with E-state index in [0.29, 0.717) is 32.4 Å². The molecule has 1 rings (SSSR count). The predicted octanol–water partition coefficient (Wildman–Crippen LogP) is 1.80. The van der Waals surface area contributed by atoms with E-state index < -0.39 is 18.3 Å². The largest absolute Gasteiger partial charge is 0.406 e. The summed E-state index contributed by atoms with van der Waals surface area (Å²) >= 11 is 0. The van der Waals surface area contributed by atoms with Crippen LogP contribution in [0.1, 0.15) is 26.2 Å². The van der Waals surface area contributed by atoms with E-state index in [4.69, 9.17) is 9.84 Å². The van der Waals surface area contributed by atoms with Crippen molar-refractivity contribution < 1.29 is 23.0 Å². The molecule has 0 aliphatic carbocycles. The highest BCUT2D eigenvalue weighted by Gasteiger charge is 2.49. The van der Waals surface area contributed by atoms with Crippen molar-refractivity contribution in [2.45, 2.75) is 44.5 Å². The van der Waals surface area contributed by atoms with Gasteiger partial charge in [-0.1, -0.05) is 6.92 Å². The Bertz CT molecular complexity index is 211. The fourth-order valence-corrected chi connectivity index (χ4v) is 2.31. The topological polar surface area (TPSA) is 32.7 Å². The van der Waals surface area contributed by atoms with Crippen LogP contribution in [0.5, 0.6) is 0 Å². The molecule has 2 atom stereocenters. The highest BCUT2D eigenvalue weighted by atomic mass is 19.4. The summed E-state index contributed by atoms with van der Waals surface area (Å²) < 4.78 is 44.4. The summed E-state index contributed by atoms with van der Waals surface area (Å²) in [6.07, 6.45) is -3.35. The molecule has 3 nitrogen and oxygen atoms in total. The van der Waals surface area contributed by atoms with Crippen molar-refractivity contribution in [1.29, 1.82) is 0 Å². The average Bonchev–Trinajstić information content (AvgIpc) is 2.69. The van der Waals surface area contributed by atoms with Gasteiger partial charge in [-0.05, 0) is 25.8 Å². The van der Waals surface area contributed by atoms with Gasteiger partial charge in [0, 0.05) is 13.2 Å². The number of alkyl halides is 3. The van der Waals surface area contributed by atoms with E-state index in [-0.39, 0.29) is 13.2 Å². The number of nitrogens with zero attached hydrogens (tertiary/aromatic N) is 1. The molecule has 0 aromatic carbocycles. The summed E-state index contributed by atoms with van der Waals surface area (Å²) in [5, 5.41) is 8.87. The first-order valence-electron chi connectivity index (χ1n) is 6.04. The molecule has 0 spiro atoms. The maximum absolute atomic E-state index is 13.1. The monoisotopic (exact) mass is 255 g/mol. The maximum atomic E-state index is 13.1. The van der Waals surface area contributed by atoms with Gasteiger partial charge in [-0.3, -0.25) is 4.90 Å². The van der Waals surface area contributed by atoms with E-state index in [2.05, 4.69) is 0 Å². The Morgan fingerprint density at radius 1 is 1.41 bits per heavy atom. The smallest absolute Gasteiger partial charge is 0.395 e. The van der Waals surface area contributed by atoms with Crippen molar-refractivity contribution >= 4 is 0 Å². The molecule has 102 valence electrons. The molecule has 2 unspecified atom stereocenters. The van der Waals surface area contributed by atoms with Crippen LogP contribution in [-0.2, 0) is 4.74 Å². The van der Waals surface area contributed by atoms with Crippen molar-refractivity contribution in [3.05, 3.63) is 0 Å². The summed E-state index contributed by atoms with van der Waals surface area (Å²) in [6, 6.07) is -1.59. The Hall–Kier alpha value is -0.330. The van der Waals surface area contributed by atoms with E-state index in [1.54, 1.807) is 0 Å². The quantitative estimate of drug-likeness (QED) is 0.785. The van der Waals surface area contributed by atoms with Gasteiger partial charge >= 0.3 is 6.18 Å². The van der Waals surface area contributed by atoms with Gasteiger partial charge in [0.15, 0.2) is 0 Å². The molecule has 6 heteroatoms. The number of aliphatic hydroxyl groups is 1.